The molecule has 2 aromatic rings. The third kappa shape index (κ3) is 2.54. The molecule has 5 heteroatoms. The molecule has 1 aliphatic carbocycles. The lowest BCUT2D eigenvalue weighted by Crippen LogP contribution is -2.01. The van der Waals surface area contributed by atoms with E-state index in [-0.39, 0.29) is 0 Å². The SMILES string of the molecule is Cn1nc(-c2cccc(Cl)c2OCC2CC2)cc1N. The molecule has 1 aromatic heterocycles. The molecule has 0 bridgehead atoms. The molecule has 1 aromatic carbocycles. The topological polar surface area (TPSA) is 53.1 Å². The number of rotatable bonds is 4. The van der Waals surface area contributed by atoms with Crippen LogP contribution in [-0.2, 0) is 7.05 Å². The van der Waals surface area contributed by atoms with Crippen LogP contribution in [0, 0.1) is 5.92 Å². The summed E-state index contributed by atoms with van der Waals surface area (Å²) in [5.41, 5.74) is 7.50. The molecule has 1 heterocycles. The molecule has 2 N–H and O–H groups in total. The second-order valence-electron chi connectivity index (χ2n) is 4.95. The third-order valence-electron chi connectivity index (χ3n) is 3.32. The van der Waals surface area contributed by atoms with Gasteiger partial charge in [0.1, 0.15) is 11.6 Å². The summed E-state index contributed by atoms with van der Waals surface area (Å²) in [4.78, 5) is 0. The lowest BCUT2D eigenvalue weighted by Gasteiger charge is -2.11. The predicted molar refractivity (Wildman–Crippen MR) is 76.3 cm³/mol. The molecule has 100 valence electrons. The molecule has 0 unspecified atom stereocenters. The van der Waals surface area contributed by atoms with Crippen LogP contribution in [0.2, 0.25) is 5.02 Å². The summed E-state index contributed by atoms with van der Waals surface area (Å²) in [5, 5.41) is 4.99. The van der Waals surface area contributed by atoms with Crippen molar-refractivity contribution >= 4 is 17.4 Å². The van der Waals surface area contributed by atoms with Crippen LogP contribution in [-0.4, -0.2) is 16.4 Å². The minimum absolute atomic E-state index is 0.613. The van der Waals surface area contributed by atoms with Crippen LogP contribution < -0.4 is 10.5 Å². The second kappa shape index (κ2) is 4.78. The van der Waals surface area contributed by atoms with E-state index in [1.165, 1.54) is 12.8 Å². The van der Waals surface area contributed by atoms with E-state index in [2.05, 4.69) is 5.10 Å². The van der Waals surface area contributed by atoms with Gasteiger partial charge in [-0.3, -0.25) is 4.68 Å². The minimum Gasteiger partial charge on any atom is -0.491 e. The molecule has 0 atom stereocenters. The summed E-state index contributed by atoms with van der Waals surface area (Å²) in [7, 11) is 1.81. The van der Waals surface area contributed by atoms with Crippen LogP contribution in [0.5, 0.6) is 5.75 Å². The monoisotopic (exact) mass is 277 g/mol. The zero-order valence-corrected chi connectivity index (χ0v) is 11.5. The van der Waals surface area contributed by atoms with E-state index >= 15 is 0 Å². The summed E-state index contributed by atoms with van der Waals surface area (Å²) >= 11 is 6.24. The normalized spacial score (nSPS) is 14.6. The van der Waals surface area contributed by atoms with Crippen molar-refractivity contribution in [2.45, 2.75) is 12.8 Å². The Hall–Kier alpha value is -1.68. The molecule has 0 radical (unpaired) electrons. The number of aryl methyl sites for hydroxylation is 1. The Morgan fingerprint density at radius 3 is 2.89 bits per heavy atom. The van der Waals surface area contributed by atoms with Gasteiger partial charge in [0.25, 0.3) is 0 Å². The molecule has 0 aliphatic heterocycles. The van der Waals surface area contributed by atoms with Crippen molar-refractivity contribution in [3.8, 4) is 17.0 Å². The van der Waals surface area contributed by atoms with E-state index in [0.717, 1.165) is 17.9 Å². The van der Waals surface area contributed by atoms with Gasteiger partial charge in [-0.15, -0.1) is 0 Å². The van der Waals surface area contributed by atoms with Crippen molar-refractivity contribution in [3.63, 3.8) is 0 Å². The Labute approximate surface area is 117 Å². The van der Waals surface area contributed by atoms with Crippen molar-refractivity contribution < 1.29 is 4.74 Å². The van der Waals surface area contributed by atoms with Gasteiger partial charge in [-0.05, 0) is 30.9 Å². The third-order valence-corrected chi connectivity index (χ3v) is 3.62. The number of hydrogen-bond acceptors (Lipinski definition) is 3. The molecular formula is C14H16ClN3O. The van der Waals surface area contributed by atoms with Gasteiger partial charge in [0, 0.05) is 18.7 Å². The smallest absolute Gasteiger partial charge is 0.147 e. The Morgan fingerprint density at radius 2 is 2.26 bits per heavy atom. The van der Waals surface area contributed by atoms with Crippen molar-refractivity contribution in [2.24, 2.45) is 13.0 Å². The fraction of sp³-hybridized carbons (Fsp3) is 0.357. The number of para-hydroxylation sites is 1. The molecule has 0 spiro atoms. The van der Waals surface area contributed by atoms with Gasteiger partial charge < -0.3 is 10.5 Å². The number of benzene rings is 1. The Balaban J connectivity index is 1.96. The highest BCUT2D eigenvalue weighted by atomic mass is 35.5. The first-order valence-corrected chi connectivity index (χ1v) is 6.74. The van der Waals surface area contributed by atoms with E-state index in [9.17, 15) is 0 Å². The van der Waals surface area contributed by atoms with E-state index in [1.807, 2.05) is 31.3 Å². The number of ether oxygens (including phenoxy) is 1. The molecule has 4 nitrogen and oxygen atoms in total. The number of nitrogens with two attached hydrogens (primary N) is 1. The molecular weight excluding hydrogens is 262 g/mol. The van der Waals surface area contributed by atoms with Crippen molar-refractivity contribution in [1.29, 1.82) is 0 Å². The van der Waals surface area contributed by atoms with Crippen LogP contribution in [0.4, 0.5) is 5.82 Å². The average Bonchev–Trinajstić information content (AvgIpc) is 3.14. The Kier molecular flexibility index (Phi) is 3.11. The fourth-order valence-corrected chi connectivity index (χ4v) is 2.19. The highest BCUT2D eigenvalue weighted by Crippen LogP contribution is 2.38. The molecule has 19 heavy (non-hydrogen) atoms. The van der Waals surface area contributed by atoms with Crippen LogP contribution in [0.15, 0.2) is 24.3 Å². The molecule has 3 rings (SSSR count). The van der Waals surface area contributed by atoms with Gasteiger partial charge in [-0.25, -0.2) is 0 Å². The lowest BCUT2D eigenvalue weighted by molar-refractivity contribution is 0.301. The standard InChI is InChI=1S/C14H16ClN3O/c1-18-13(16)7-12(17-18)10-3-2-4-11(15)14(10)19-8-9-5-6-9/h2-4,7,9H,5-6,8,16H2,1H3. The molecule has 0 saturated heterocycles. The van der Waals surface area contributed by atoms with Crippen LogP contribution in [0.3, 0.4) is 0 Å². The maximum atomic E-state index is 6.24. The van der Waals surface area contributed by atoms with Gasteiger partial charge in [-0.2, -0.15) is 5.10 Å². The number of hydrogen-bond donors (Lipinski definition) is 1. The van der Waals surface area contributed by atoms with Gasteiger partial charge in [-0.1, -0.05) is 17.7 Å². The summed E-state index contributed by atoms with van der Waals surface area (Å²) < 4.78 is 7.51. The average molecular weight is 278 g/mol. The van der Waals surface area contributed by atoms with Crippen LogP contribution in [0.1, 0.15) is 12.8 Å². The summed E-state index contributed by atoms with van der Waals surface area (Å²) in [6.45, 7) is 0.721. The van der Waals surface area contributed by atoms with Crippen LogP contribution in [0.25, 0.3) is 11.3 Å². The lowest BCUT2D eigenvalue weighted by atomic mass is 10.1. The predicted octanol–water partition coefficient (Wildman–Crippen LogP) is 3.11. The van der Waals surface area contributed by atoms with Gasteiger partial charge in [0.05, 0.1) is 17.3 Å². The fourth-order valence-electron chi connectivity index (χ4n) is 1.96. The Morgan fingerprint density at radius 1 is 1.47 bits per heavy atom. The van der Waals surface area contributed by atoms with Gasteiger partial charge >= 0.3 is 0 Å². The second-order valence-corrected chi connectivity index (χ2v) is 5.36. The number of anilines is 1. The molecule has 0 amide bonds. The maximum Gasteiger partial charge on any atom is 0.147 e. The quantitative estimate of drug-likeness (QED) is 0.934. The van der Waals surface area contributed by atoms with Gasteiger partial charge in [0.15, 0.2) is 0 Å². The molecule has 1 saturated carbocycles. The highest BCUT2D eigenvalue weighted by Gasteiger charge is 2.23. The zero-order valence-electron chi connectivity index (χ0n) is 10.8. The summed E-state index contributed by atoms with van der Waals surface area (Å²) in [6.07, 6.45) is 2.49. The van der Waals surface area contributed by atoms with E-state index in [4.69, 9.17) is 22.1 Å². The first-order chi connectivity index (χ1) is 9.15. The molecule has 1 fully saturated rings. The first kappa shape index (κ1) is 12.4. The number of nitrogens with zero attached hydrogens (tertiary/aromatic N) is 2. The first-order valence-electron chi connectivity index (χ1n) is 6.36. The van der Waals surface area contributed by atoms with Crippen molar-refractivity contribution in [2.75, 3.05) is 12.3 Å². The highest BCUT2D eigenvalue weighted by molar-refractivity contribution is 6.32. The summed E-state index contributed by atoms with van der Waals surface area (Å²) in [5.74, 6) is 2.00. The van der Waals surface area contributed by atoms with E-state index in [0.29, 0.717) is 22.5 Å². The number of aromatic nitrogens is 2. The zero-order chi connectivity index (χ0) is 13.4. The summed E-state index contributed by atoms with van der Waals surface area (Å²) in [6, 6.07) is 7.51. The maximum absolute atomic E-state index is 6.24. The van der Waals surface area contributed by atoms with E-state index in [1.54, 1.807) is 4.68 Å². The van der Waals surface area contributed by atoms with E-state index < -0.39 is 0 Å². The van der Waals surface area contributed by atoms with Gasteiger partial charge in [0.2, 0.25) is 0 Å². The molecule has 1 aliphatic rings. The van der Waals surface area contributed by atoms with Crippen molar-refractivity contribution in [1.82, 2.24) is 9.78 Å². The largest absolute Gasteiger partial charge is 0.491 e. The number of nitrogen functional groups attached to an aromatic ring is 1. The van der Waals surface area contributed by atoms with Crippen LogP contribution >= 0.6 is 11.6 Å². The van der Waals surface area contributed by atoms with Crippen molar-refractivity contribution in [3.05, 3.63) is 29.3 Å². The minimum atomic E-state index is 0.613. The number of halogens is 1. The Bertz CT molecular complexity index is 585.